The van der Waals surface area contributed by atoms with Gasteiger partial charge in [0.2, 0.25) is 0 Å². The van der Waals surface area contributed by atoms with Crippen molar-refractivity contribution in [3.63, 3.8) is 0 Å². The lowest BCUT2D eigenvalue weighted by atomic mass is 10.2. The van der Waals surface area contributed by atoms with Crippen LogP contribution in [0.25, 0.3) is 0 Å². The van der Waals surface area contributed by atoms with Crippen molar-refractivity contribution < 1.29 is 9.84 Å². The summed E-state index contributed by atoms with van der Waals surface area (Å²) in [5.41, 5.74) is 0.861. The van der Waals surface area contributed by atoms with Gasteiger partial charge in [-0.25, -0.2) is 0 Å². The second-order valence-corrected chi connectivity index (χ2v) is 5.35. The number of nitrogens with one attached hydrogen (secondary N) is 1. The molecule has 1 aromatic rings. The third kappa shape index (κ3) is 7.37. The van der Waals surface area contributed by atoms with E-state index in [0.717, 1.165) is 18.7 Å². The fraction of sp³-hybridized carbons (Fsp3) is 0.643. The average Bonchev–Trinajstić information content (AvgIpc) is 2.33. The van der Waals surface area contributed by atoms with E-state index in [-0.39, 0.29) is 5.60 Å². The highest BCUT2D eigenvalue weighted by atomic mass is 16.5. The van der Waals surface area contributed by atoms with Crippen LogP contribution in [0, 0.1) is 0 Å². The van der Waals surface area contributed by atoms with Crippen LogP contribution in [-0.4, -0.2) is 41.5 Å². The van der Waals surface area contributed by atoms with Gasteiger partial charge in [0.05, 0.1) is 18.3 Å². The maximum absolute atomic E-state index is 9.71. The van der Waals surface area contributed by atoms with Crippen molar-refractivity contribution in [2.24, 2.45) is 0 Å². The minimum absolute atomic E-state index is 0.199. The van der Waals surface area contributed by atoms with Gasteiger partial charge in [0.25, 0.3) is 0 Å². The standard InChI is InChI=1S/C14H24N2O2/c1-14(2,3)18-11-13(17)10-15-9-7-12-6-4-5-8-16-12/h4-6,8,13,15,17H,7,9-11H2,1-3H3. The summed E-state index contributed by atoms with van der Waals surface area (Å²) >= 11 is 0. The molecule has 1 atom stereocenters. The molecule has 102 valence electrons. The van der Waals surface area contributed by atoms with E-state index in [9.17, 15) is 5.11 Å². The molecule has 0 bridgehead atoms. The fourth-order valence-corrected chi connectivity index (χ4v) is 1.44. The molecule has 0 aliphatic rings. The number of ether oxygens (including phenoxy) is 1. The van der Waals surface area contributed by atoms with Gasteiger partial charge in [0, 0.05) is 31.4 Å². The molecule has 1 rings (SSSR count). The van der Waals surface area contributed by atoms with Crippen LogP contribution in [0.3, 0.4) is 0 Å². The van der Waals surface area contributed by atoms with Crippen molar-refractivity contribution in [3.05, 3.63) is 30.1 Å². The molecule has 0 saturated carbocycles. The van der Waals surface area contributed by atoms with Crippen molar-refractivity contribution >= 4 is 0 Å². The quantitative estimate of drug-likeness (QED) is 0.720. The second kappa shape index (κ2) is 7.46. The maximum atomic E-state index is 9.71. The highest BCUT2D eigenvalue weighted by Crippen LogP contribution is 2.06. The van der Waals surface area contributed by atoms with Crippen LogP contribution >= 0.6 is 0 Å². The van der Waals surface area contributed by atoms with Gasteiger partial charge in [-0.15, -0.1) is 0 Å². The Kier molecular flexibility index (Phi) is 6.25. The number of rotatable bonds is 7. The molecule has 0 aliphatic carbocycles. The van der Waals surface area contributed by atoms with Gasteiger partial charge >= 0.3 is 0 Å². The van der Waals surface area contributed by atoms with Gasteiger partial charge in [-0.3, -0.25) is 4.98 Å². The summed E-state index contributed by atoms with van der Waals surface area (Å²) in [6, 6.07) is 5.89. The van der Waals surface area contributed by atoms with Gasteiger partial charge in [-0.05, 0) is 32.9 Å². The molecule has 1 unspecified atom stereocenters. The van der Waals surface area contributed by atoms with Gasteiger partial charge in [0.15, 0.2) is 0 Å². The van der Waals surface area contributed by atoms with Gasteiger partial charge < -0.3 is 15.2 Å². The van der Waals surface area contributed by atoms with Crippen LogP contribution in [0.5, 0.6) is 0 Å². The molecule has 0 aromatic carbocycles. The Hall–Kier alpha value is -0.970. The molecule has 1 aromatic heterocycles. The zero-order valence-corrected chi connectivity index (χ0v) is 11.5. The molecule has 0 radical (unpaired) electrons. The first-order valence-corrected chi connectivity index (χ1v) is 6.40. The number of aromatic nitrogens is 1. The lowest BCUT2D eigenvalue weighted by Crippen LogP contribution is -2.34. The number of nitrogens with zero attached hydrogens (tertiary/aromatic N) is 1. The van der Waals surface area contributed by atoms with Gasteiger partial charge in [-0.2, -0.15) is 0 Å². The zero-order valence-electron chi connectivity index (χ0n) is 11.5. The summed E-state index contributed by atoms with van der Waals surface area (Å²) in [6.07, 6.45) is 2.20. The lowest BCUT2D eigenvalue weighted by molar-refractivity contribution is -0.0477. The Labute approximate surface area is 109 Å². The van der Waals surface area contributed by atoms with E-state index in [2.05, 4.69) is 10.3 Å². The third-order valence-corrected chi connectivity index (χ3v) is 2.37. The van der Waals surface area contributed by atoms with E-state index < -0.39 is 6.10 Å². The largest absolute Gasteiger partial charge is 0.389 e. The van der Waals surface area contributed by atoms with Crippen molar-refractivity contribution in [1.29, 1.82) is 0 Å². The Bertz CT molecular complexity index is 322. The average molecular weight is 252 g/mol. The van der Waals surface area contributed by atoms with E-state index in [1.807, 2.05) is 39.0 Å². The van der Waals surface area contributed by atoms with Crippen LogP contribution in [0.15, 0.2) is 24.4 Å². The highest BCUT2D eigenvalue weighted by molar-refractivity contribution is 5.03. The molecular formula is C14H24N2O2. The second-order valence-electron chi connectivity index (χ2n) is 5.35. The van der Waals surface area contributed by atoms with Crippen molar-refractivity contribution in [2.75, 3.05) is 19.7 Å². The Morgan fingerprint density at radius 1 is 1.39 bits per heavy atom. The number of aliphatic hydroxyl groups excluding tert-OH is 1. The van der Waals surface area contributed by atoms with Gasteiger partial charge in [-0.1, -0.05) is 6.07 Å². The highest BCUT2D eigenvalue weighted by Gasteiger charge is 2.13. The van der Waals surface area contributed by atoms with Crippen LogP contribution in [0.1, 0.15) is 26.5 Å². The fourth-order valence-electron chi connectivity index (χ4n) is 1.44. The molecule has 0 saturated heterocycles. The molecule has 4 heteroatoms. The predicted octanol–water partition coefficient (Wildman–Crippen LogP) is 1.39. The molecule has 0 aliphatic heterocycles. The van der Waals surface area contributed by atoms with Crippen molar-refractivity contribution in [3.8, 4) is 0 Å². The maximum Gasteiger partial charge on any atom is 0.0897 e. The number of aliphatic hydroxyl groups is 1. The Morgan fingerprint density at radius 2 is 2.17 bits per heavy atom. The van der Waals surface area contributed by atoms with Crippen LogP contribution in [0.2, 0.25) is 0 Å². The first-order chi connectivity index (χ1) is 8.47. The minimum atomic E-state index is -0.465. The zero-order chi connectivity index (χ0) is 13.4. The summed E-state index contributed by atoms with van der Waals surface area (Å²) in [4.78, 5) is 4.24. The molecule has 0 amide bonds. The summed E-state index contributed by atoms with van der Waals surface area (Å²) < 4.78 is 5.50. The molecule has 4 nitrogen and oxygen atoms in total. The normalized spacial score (nSPS) is 13.6. The first kappa shape index (κ1) is 15.1. The molecular weight excluding hydrogens is 228 g/mol. The SMILES string of the molecule is CC(C)(C)OCC(O)CNCCc1ccccn1. The molecule has 0 fully saturated rings. The third-order valence-electron chi connectivity index (χ3n) is 2.37. The van der Waals surface area contributed by atoms with Crippen molar-refractivity contribution in [2.45, 2.75) is 38.9 Å². The summed E-state index contributed by atoms with van der Waals surface area (Å²) in [7, 11) is 0. The molecule has 2 N–H and O–H groups in total. The molecule has 18 heavy (non-hydrogen) atoms. The molecule has 1 heterocycles. The van der Waals surface area contributed by atoms with Crippen LogP contribution < -0.4 is 5.32 Å². The van der Waals surface area contributed by atoms with E-state index in [1.54, 1.807) is 6.20 Å². The minimum Gasteiger partial charge on any atom is -0.389 e. The molecule has 0 spiro atoms. The van der Waals surface area contributed by atoms with Crippen LogP contribution in [-0.2, 0) is 11.2 Å². The smallest absolute Gasteiger partial charge is 0.0897 e. The van der Waals surface area contributed by atoms with E-state index in [1.165, 1.54) is 0 Å². The summed E-state index contributed by atoms with van der Waals surface area (Å²) in [5, 5.41) is 12.9. The van der Waals surface area contributed by atoms with Crippen molar-refractivity contribution in [1.82, 2.24) is 10.3 Å². The van der Waals surface area contributed by atoms with E-state index in [0.29, 0.717) is 13.2 Å². The number of pyridine rings is 1. The number of hydrogen-bond donors (Lipinski definition) is 2. The summed E-state index contributed by atoms with van der Waals surface area (Å²) in [6.45, 7) is 7.66. The number of hydrogen-bond acceptors (Lipinski definition) is 4. The van der Waals surface area contributed by atoms with E-state index in [4.69, 9.17) is 4.74 Å². The topological polar surface area (TPSA) is 54.4 Å². The Balaban J connectivity index is 2.07. The monoisotopic (exact) mass is 252 g/mol. The summed E-state index contributed by atoms with van der Waals surface area (Å²) in [5.74, 6) is 0. The predicted molar refractivity (Wildman–Crippen MR) is 72.5 cm³/mol. The first-order valence-electron chi connectivity index (χ1n) is 6.40. The van der Waals surface area contributed by atoms with E-state index >= 15 is 0 Å². The van der Waals surface area contributed by atoms with Gasteiger partial charge in [0.1, 0.15) is 0 Å². The Morgan fingerprint density at radius 3 is 2.78 bits per heavy atom. The van der Waals surface area contributed by atoms with Crippen LogP contribution in [0.4, 0.5) is 0 Å². The lowest BCUT2D eigenvalue weighted by Gasteiger charge is -2.22.